The van der Waals surface area contributed by atoms with E-state index in [2.05, 4.69) is 32.5 Å². The smallest absolute Gasteiger partial charge is 0.227 e. The molecule has 1 N–H and O–H groups in total. The van der Waals surface area contributed by atoms with Crippen LogP contribution in [0.4, 0.5) is 0 Å². The first-order valence-corrected chi connectivity index (χ1v) is 11.2. The van der Waals surface area contributed by atoms with Gasteiger partial charge < -0.3 is 14.6 Å². The number of rotatable bonds is 9. The van der Waals surface area contributed by atoms with Gasteiger partial charge >= 0.3 is 0 Å². The van der Waals surface area contributed by atoms with Crippen LogP contribution in [0.5, 0.6) is 5.75 Å². The molecule has 0 spiro atoms. The molecule has 1 fully saturated rings. The van der Waals surface area contributed by atoms with Crippen molar-refractivity contribution in [2.24, 2.45) is 0 Å². The molecule has 168 valence electrons. The van der Waals surface area contributed by atoms with Crippen molar-refractivity contribution in [2.45, 2.75) is 38.6 Å². The van der Waals surface area contributed by atoms with E-state index in [0.29, 0.717) is 31.1 Å². The van der Waals surface area contributed by atoms with Crippen molar-refractivity contribution in [1.82, 2.24) is 20.4 Å². The highest BCUT2D eigenvalue weighted by molar-refractivity contribution is 5.76. The maximum absolute atomic E-state index is 12.6. The fourth-order valence-electron chi connectivity index (χ4n) is 4.06. The molecule has 7 nitrogen and oxygen atoms in total. The van der Waals surface area contributed by atoms with Gasteiger partial charge in [0.15, 0.2) is 0 Å². The predicted octanol–water partition coefficient (Wildman–Crippen LogP) is 3.94. The third-order valence-electron chi connectivity index (χ3n) is 5.90. The number of carbonyl (C=O) groups excluding carboxylic acids is 1. The van der Waals surface area contributed by atoms with Gasteiger partial charge in [-0.05, 0) is 50.6 Å². The van der Waals surface area contributed by atoms with Gasteiger partial charge in [-0.3, -0.25) is 9.69 Å². The van der Waals surface area contributed by atoms with E-state index >= 15 is 0 Å². The Morgan fingerprint density at radius 3 is 2.72 bits per heavy atom. The van der Waals surface area contributed by atoms with Crippen molar-refractivity contribution in [2.75, 3.05) is 26.7 Å². The summed E-state index contributed by atoms with van der Waals surface area (Å²) in [5, 5.41) is 7.14. The van der Waals surface area contributed by atoms with Crippen molar-refractivity contribution in [3.63, 3.8) is 0 Å². The van der Waals surface area contributed by atoms with E-state index in [9.17, 15) is 4.79 Å². The van der Waals surface area contributed by atoms with E-state index in [1.807, 2.05) is 43.3 Å². The molecule has 32 heavy (non-hydrogen) atoms. The number of hydrogen-bond acceptors (Lipinski definition) is 6. The third-order valence-corrected chi connectivity index (χ3v) is 5.90. The van der Waals surface area contributed by atoms with Crippen LogP contribution in [0.3, 0.4) is 0 Å². The average molecular weight is 435 g/mol. The summed E-state index contributed by atoms with van der Waals surface area (Å²) in [4.78, 5) is 19.4. The molecule has 1 aliphatic heterocycles. The molecule has 1 saturated heterocycles. The van der Waals surface area contributed by atoms with Gasteiger partial charge in [-0.25, -0.2) is 0 Å². The summed E-state index contributed by atoms with van der Waals surface area (Å²) in [6.07, 6.45) is 3.10. The maximum Gasteiger partial charge on any atom is 0.227 e. The monoisotopic (exact) mass is 434 g/mol. The molecule has 3 aromatic rings. The lowest BCUT2D eigenvalue weighted by atomic mass is 10.0. The number of methoxy groups -OCH3 is 1. The summed E-state index contributed by atoms with van der Waals surface area (Å²) in [6, 6.07) is 16.2. The normalized spacial score (nSPS) is 14.9. The van der Waals surface area contributed by atoms with E-state index in [-0.39, 0.29) is 11.9 Å². The molecule has 1 aromatic heterocycles. The molecule has 1 atom stereocenters. The molecular weight excluding hydrogens is 404 g/mol. The lowest BCUT2D eigenvalue weighted by Crippen LogP contribution is -2.36. The molecule has 2 aromatic carbocycles. The van der Waals surface area contributed by atoms with Crippen LogP contribution in [0.1, 0.15) is 42.3 Å². The van der Waals surface area contributed by atoms with E-state index in [1.165, 1.54) is 18.4 Å². The maximum atomic E-state index is 12.6. The van der Waals surface area contributed by atoms with E-state index < -0.39 is 0 Å². The summed E-state index contributed by atoms with van der Waals surface area (Å²) < 4.78 is 10.7. The number of carbonyl (C=O) groups is 1. The van der Waals surface area contributed by atoms with Crippen molar-refractivity contribution >= 4 is 5.91 Å². The van der Waals surface area contributed by atoms with Gasteiger partial charge in [-0.15, -0.1) is 0 Å². The number of amides is 1. The first-order valence-electron chi connectivity index (χ1n) is 11.2. The Kier molecular flexibility index (Phi) is 7.17. The zero-order valence-corrected chi connectivity index (χ0v) is 18.7. The minimum Gasteiger partial charge on any atom is -0.497 e. The Bertz CT molecular complexity index is 1030. The molecule has 1 aliphatic rings. The fraction of sp³-hybridized carbons (Fsp3) is 0.400. The van der Waals surface area contributed by atoms with Gasteiger partial charge in [0, 0.05) is 24.9 Å². The topological polar surface area (TPSA) is 80.5 Å². The third kappa shape index (κ3) is 5.53. The first-order chi connectivity index (χ1) is 15.6. The molecule has 0 saturated carbocycles. The lowest BCUT2D eigenvalue weighted by Gasteiger charge is -2.28. The second-order valence-electron chi connectivity index (χ2n) is 8.22. The number of hydrogen-bond donors (Lipinski definition) is 1. The molecule has 0 aliphatic carbocycles. The van der Waals surface area contributed by atoms with Crippen LogP contribution < -0.4 is 10.1 Å². The molecule has 0 radical (unpaired) electrons. The van der Waals surface area contributed by atoms with Crippen molar-refractivity contribution in [3.8, 4) is 17.1 Å². The highest BCUT2D eigenvalue weighted by atomic mass is 16.5. The number of likely N-dealkylation sites (tertiary alicyclic amines) is 1. The summed E-state index contributed by atoms with van der Waals surface area (Å²) in [5.74, 6) is 1.83. The minimum absolute atomic E-state index is 0.0211. The van der Waals surface area contributed by atoms with Gasteiger partial charge in [0.05, 0.1) is 13.2 Å². The van der Waals surface area contributed by atoms with Gasteiger partial charge in [0.25, 0.3) is 0 Å². The Morgan fingerprint density at radius 2 is 1.97 bits per heavy atom. The zero-order valence-electron chi connectivity index (χ0n) is 18.7. The van der Waals surface area contributed by atoms with Crippen LogP contribution in [0, 0.1) is 6.92 Å². The van der Waals surface area contributed by atoms with Crippen molar-refractivity contribution in [3.05, 3.63) is 65.5 Å². The Morgan fingerprint density at radius 1 is 1.19 bits per heavy atom. The summed E-state index contributed by atoms with van der Waals surface area (Å²) in [6.45, 7) is 4.68. The van der Waals surface area contributed by atoms with Crippen LogP contribution in [0.2, 0.25) is 0 Å². The van der Waals surface area contributed by atoms with Crippen LogP contribution in [0.25, 0.3) is 11.4 Å². The summed E-state index contributed by atoms with van der Waals surface area (Å²) >= 11 is 0. The lowest BCUT2D eigenvalue weighted by molar-refractivity contribution is -0.121. The van der Waals surface area contributed by atoms with E-state index in [1.54, 1.807) is 7.11 Å². The summed E-state index contributed by atoms with van der Waals surface area (Å²) in [5.41, 5.74) is 3.24. The average Bonchev–Trinajstić information content (AvgIpc) is 3.51. The Labute approximate surface area is 188 Å². The second-order valence-corrected chi connectivity index (χ2v) is 8.22. The molecule has 2 heterocycles. The van der Waals surface area contributed by atoms with E-state index in [0.717, 1.165) is 30.0 Å². The quantitative estimate of drug-likeness (QED) is 0.549. The van der Waals surface area contributed by atoms with E-state index in [4.69, 9.17) is 9.26 Å². The second kappa shape index (κ2) is 10.4. The molecule has 4 rings (SSSR count). The minimum atomic E-state index is -0.0211. The highest BCUT2D eigenvalue weighted by Crippen LogP contribution is 2.27. The Hall–Kier alpha value is -3.19. The number of nitrogens with one attached hydrogen (secondary N) is 1. The van der Waals surface area contributed by atoms with Crippen LogP contribution >= 0.6 is 0 Å². The zero-order chi connectivity index (χ0) is 22.3. The van der Waals surface area contributed by atoms with Crippen molar-refractivity contribution < 1.29 is 14.1 Å². The van der Waals surface area contributed by atoms with Crippen LogP contribution in [-0.4, -0.2) is 47.7 Å². The molecule has 7 heteroatoms. The first kappa shape index (κ1) is 22.0. The number of aryl methyl sites for hydroxylation is 2. The number of benzene rings is 2. The number of aromatic nitrogens is 2. The standard InChI is InChI=1S/C25H30N4O3/c1-18-8-10-19(11-9-18)25-27-24(32-28-25)13-12-23(30)26-17-22(29-14-3-4-15-29)20-6-5-7-21(16-20)31-2/h5-11,16,22H,3-4,12-15,17H2,1-2H3,(H,26,30)/t22-/m1/s1. The van der Waals surface area contributed by atoms with Crippen LogP contribution in [-0.2, 0) is 11.2 Å². The molecule has 1 amide bonds. The number of nitrogens with zero attached hydrogens (tertiary/aromatic N) is 3. The van der Waals surface area contributed by atoms with Crippen molar-refractivity contribution in [1.29, 1.82) is 0 Å². The Balaban J connectivity index is 1.33. The fourth-order valence-corrected chi connectivity index (χ4v) is 4.06. The van der Waals surface area contributed by atoms with Gasteiger partial charge in [-0.1, -0.05) is 47.1 Å². The van der Waals surface area contributed by atoms with Gasteiger partial charge in [0.2, 0.25) is 17.6 Å². The summed E-state index contributed by atoms with van der Waals surface area (Å²) in [7, 11) is 1.67. The molecule has 0 bridgehead atoms. The number of ether oxygens (including phenoxy) is 1. The largest absolute Gasteiger partial charge is 0.497 e. The predicted molar refractivity (Wildman–Crippen MR) is 122 cm³/mol. The van der Waals surface area contributed by atoms with Gasteiger partial charge in [-0.2, -0.15) is 4.98 Å². The highest BCUT2D eigenvalue weighted by Gasteiger charge is 2.24. The van der Waals surface area contributed by atoms with Gasteiger partial charge in [0.1, 0.15) is 5.75 Å². The van der Waals surface area contributed by atoms with Crippen LogP contribution in [0.15, 0.2) is 53.1 Å². The molecule has 0 unspecified atom stereocenters. The molecular formula is C25H30N4O3. The SMILES string of the molecule is COc1cccc([C@@H](CNC(=O)CCc2nc(-c3ccc(C)cc3)no2)N2CCCC2)c1.